The third-order valence-corrected chi connectivity index (χ3v) is 9.17. The van der Waals surface area contributed by atoms with Gasteiger partial charge in [-0.2, -0.15) is 0 Å². The highest BCUT2D eigenvalue weighted by atomic mass is 16.7. The number of hydrogen-bond acceptors (Lipinski definition) is 6. The van der Waals surface area contributed by atoms with E-state index in [1.54, 1.807) is 7.05 Å². The van der Waals surface area contributed by atoms with E-state index >= 15 is 0 Å². The zero-order chi connectivity index (χ0) is 29.7. The van der Waals surface area contributed by atoms with Crippen LogP contribution in [0.25, 0.3) is 0 Å². The maximum atomic E-state index is 13.6. The molecule has 4 aliphatic rings. The molecule has 4 rings (SSSR count). The first-order chi connectivity index (χ1) is 18.8. The molecule has 1 heterocycles. The van der Waals surface area contributed by atoms with Crippen molar-refractivity contribution < 1.29 is 23.7 Å². The van der Waals surface area contributed by atoms with E-state index in [9.17, 15) is 14.4 Å². The number of hydrogen-bond donors (Lipinski definition) is 5. The Morgan fingerprint density at radius 3 is 2.40 bits per heavy atom. The molecule has 0 aromatic heterocycles. The monoisotopic (exact) mass is 562 g/mol. The molecule has 0 aromatic rings. The maximum absolute atomic E-state index is 13.6. The van der Waals surface area contributed by atoms with Gasteiger partial charge in [-0.3, -0.25) is 19.4 Å². The molecule has 1 aliphatic heterocycles. The van der Waals surface area contributed by atoms with Crippen molar-refractivity contribution in [3.63, 3.8) is 0 Å². The summed E-state index contributed by atoms with van der Waals surface area (Å²) in [5.41, 5.74) is 5.59. The lowest BCUT2D eigenvalue weighted by Crippen LogP contribution is -2.65. The van der Waals surface area contributed by atoms with Crippen molar-refractivity contribution in [2.75, 3.05) is 20.1 Å². The van der Waals surface area contributed by atoms with Crippen LogP contribution in [0.2, 0.25) is 0 Å². The van der Waals surface area contributed by atoms with Crippen LogP contribution in [-0.2, 0) is 23.7 Å². The van der Waals surface area contributed by atoms with Crippen LogP contribution in [0.15, 0.2) is 4.99 Å². The van der Waals surface area contributed by atoms with Crippen LogP contribution in [-0.4, -0.2) is 74.6 Å². The minimum absolute atomic E-state index is 0.0247. The van der Waals surface area contributed by atoms with Crippen molar-refractivity contribution >= 4 is 30.8 Å². The lowest BCUT2D eigenvalue weighted by Gasteiger charge is -2.64. The molecular weight excluding hydrogens is 511 g/mol. The predicted octanol–water partition coefficient (Wildman–Crippen LogP) is 1.50. The van der Waals surface area contributed by atoms with Crippen LogP contribution in [0.4, 0.5) is 0 Å². The molecule has 3 amide bonds. The van der Waals surface area contributed by atoms with Gasteiger partial charge in [0.2, 0.25) is 17.7 Å². The Balaban J connectivity index is 1.66. The molecule has 6 atom stereocenters. The fourth-order valence-corrected chi connectivity index (χ4v) is 6.75. The fourth-order valence-electron chi connectivity index (χ4n) is 6.75. The van der Waals surface area contributed by atoms with E-state index in [1.807, 2.05) is 0 Å². The quantitative estimate of drug-likeness (QED) is 0.0930. The highest BCUT2D eigenvalue weighted by Gasteiger charge is 2.68. The number of aliphatic imine (C=N–C) groups is 1. The molecule has 0 aromatic carbocycles. The summed E-state index contributed by atoms with van der Waals surface area (Å²) in [6.07, 6.45) is 4.58. The van der Waals surface area contributed by atoms with E-state index in [-0.39, 0.29) is 47.2 Å². The van der Waals surface area contributed by atoms with Gasteiger partial charge in [-0.25, -0.2) is 0 Å². The molecule has 40 heavy (non-hydrogen) atoms. The molecule has 0 radical (unpaired) electrons. The fraction of sp³-hybridized carbons (Fsp3) is 0.857. The summed E-state index contributed by atoms with van der Waals surface area (Å²) < 4.78 is 13.2. The smallest absolute Gasteiger partial charge is 0.404 e. The van der Waals surface area contributed by atoms with Crippen molar-refractivity contribution in [2.45, 2.75) is 110 Å². The molecule has 11 nitrogen and oxygen atoms in total. The molecule has 3 saturated carbocycles. The highest BCUT2D eigenvalue weighted by molar-refractivity contribution is 6.48. The SMILES string of the molecule is CN=C(N)NCCC[C@H](NC(=O)CCCNC(C)=O)C(=O)N[C@@H](CC(C)C)B1O[C@@H]2C[C@@H]3C[C@@H](C3(C)C)[C@]2(C)O1. The molecule has 2 bridgehead atoms. The zero-order valence-electron chi connectivity index (χ0n) is 25.5. The summed E-state index contributed by atoms with van der Waals surface area (Å²) in [4.78, 5) is 41.3. The molecule has 0 unspecified atom stereocenters. The molecule has 4 fully saturated rings. The lowest BCUT2D eigenvalue weighted by atomic mass is 9.43. The van der Waals surface area contributed by atoms with Crippen molar-refractivity contribution in [1.82, 2.24) is 21.3 Å². The lowest BCUT2D eigenvalue weighted by molar-refractivity contribution is -0.199. The second-order valence-electron chi connectivity index (χ2n) is 13.0. The van der Waals surface area contributed by atoms with Crippen molar-refractivity contribution in [1.29, 1.82) is 0 Å². The van der Waals surface area contributed by atoms with Crippen LogP contribution in [0.1, 0.15) is 86.5 Å². The van der Waals surface area contributed by atoms with Gasteiger partial charge in [0.05, 0.1) is 17.6 Å². The van der Waals surface area contributed by atoms with Gasteiger partial charge < -0.3 is 36.3 Å². The normalized spacial score (nSPS) is 28.2. The van der Waals surface area contributed by atoms with E-state index in [1.165, 1.54) is 6.92 Å². The van der Waals surface area contributed by atoms with Crippen LogP contribution >= 0.6 is 0 Å². The van der Waals surface area contributed by atoms with Crippen molar-refractivity contribution in [3.8, 4) is 0 Å². The first kappa shape index (κ1) is 32.2. The van der Waals surface area contributed by atoms with E-state index in [2.05, 4.69) is 60.9 Å². The van der Waals surface area contributed by atoms with Gasteiger partial charge in [-0.1, -0.05) is 27.7 Å². The van der Waals surface area contributed by atoms with Crippen LogP contribution in [0.5, 0.6) is 0 Å². The number of nitrogens with one attached hydrogen (secondary N) is 4. The number of guanidine groups is 1. The van der Waals surface area contributed by atoms with Gasteiger partial charge in [0, 0.05) is 33.5 Å². The average Bonchev–Trinajstić information content (AvgIpc) is 3.24. The molecular formula is C28H51BN6O5. The first-order valence-corrected chi connectivity index (χ1v) is 14.9. The summed E-state index contributed by atoms with van der Waals surface area (Å²) in [6, 6.07) is -0.726. The Bertz CT molecular complexity index is 946. The van der Waals surface area contributed by atoms with Gasteiger partial charge in [-0.15, -0.1) is 0 Å². The Labute approximate surface area is 240 Å². The Hall–Kier alpha value is -2.34. The largest absolute Gasteiger partial charge is 0.481 e. The van der Waals surface area contributed by atoms with E-state index < -0.39 is 13.2 Å². The molecule has 6 N–H and O–H groups in total. The van der Waals surface area contributed by atoms with Crippen LogP contribution in [0.3, 0.4) is 0 Å². The Kier molecular flexibility index (Phi) is 10.9. The zero-order valence-corrected chi connectivity index (χ0v) is 25.5. The number of nitrogens with two attached hydrogens (primary N) is 1. The van der Waals surface area contributed by atoms with Gasteiger partial charge >= 0.3 is 7.12 Å². The highest BCUT2D eigenvalue weighted by Crippen LogP contribution is 2.65. The summed E-state index contributed by atoms with van der Waals surface area (Å²) >= 11 is 0. The second-order valence-corrected chi connectivity index (χ2v) is 13.0. The molecule has 1 saturated heterocycles. The number of carbonyl (C=O) groups is 3. The first-order valence-electron chi connectivity index (χ1n) is 14.9. The number of amides is 3. The van der Waals surface area contributed by atoms with Crippen molar-refractivity contribution in [2.24, 2.45) is 33.9 Å². The van der Waals surface area contributed by atoms with Gasteiger partial charge in [0.25, 0.3) is 0 Å². The number of nitrogens with zero attached hydrogens (tertiary/aromatic N) is 1. The minimum atomic E-state index is -0.726. The predicted molar refractivity (Wildman–Crippen MR) is 156 cm³/mol. The molecule has 12 heteroatoms. The molecule has 226 valence electrons. The van der Waals surface area contributed by atoms with Crippen molar-refractivity contribution in [3.05, 3.63) is 0 Å². The van der Waals surface area contributed by atoms with Crippen LogP contribution in [0, 0.1) is 23.2 Å². The summed E-state index contributed by atoms with van der Waals surface area (Å²) in [7, 11) is 1.07. The second kappa shape index (κ2) is 13.6. The van der Waals surface area contributed by atoms with Gasteiger partial charge in [0.1, 0.15) is 6.04 Å². The third-order valence-electron chi connectivity index (χ3n) is 9.17. The standard InChI is InChI=1S/C28H51BN6O5/c1-17(2)14-23(29-39-22-16-19-15-21(27(19,4)5)28(22,6)40-29)35-25(38)20(10-8-13-33-26(30)31-7)34-24(37)11-9-12-32-18(3)36/h17,19-23H,8-16H2,1-7H3,(H,32,36)(H,34,37)(H,35,38)(H3,30,31,33)/t19-,20-,21-,22+,23-,28-/m0/s1. The number of rotatable bonds is 14. The van der Waals surface area contributed by atoms with E-state index in [0.717, 1.165) is 12.8 Å². The van der Waals surface area contributed by atoms with Gasteiger partial charge in [0.15, 0.2) is 5.96 Å². The van der Waals surface area contributed by atoms with E-state index in [0.29, 0.717) is 62.5 Å². The topological polar surface area (TPSA) is 156 Å². The third kappa shape index (κ3) is 7.69. The Morgan fingerprint density at radius 1 is 1.07 bits per heavy atom. The summed E-state index contributed by atoms with van der Waals surface area (Å²) in [5, 5.41) is 11.8. The maximum Gasteiger partial charge on any atom is 0.481 e. The minimum Gasteiger partial charge on any atom is -0.404 e. The van der Waals surface area contributed by atoms with E-state index in [4.69, 9.17) is 15.0 Å². The average molecular weight is 563 g/mol. The number of carbonyl (C=O) groups excluding carboxylic acids is 3. The van der Waals surface area contributed by atoms with Gasteiger partial charge in [-0.05, 0) is 68.6 Å². The Morgan fingerprint density at radius 2 is 1.77 bits per heavy atom. The van der Waals surface area contributed by atoms with Crippen LogP contribution < -0.4 is 27.0 Å². The molecule has 0 spiro atoms. The summed E-state index contributed by atoms with van der Waals surface area (Å²) in [6.45, 7) is 13.4. The molecule has 3 aliphatic carbocycles. The summed E-state index contributed by atoms with van der Waals surface area (Å²) in [5.74, 6) is 0.739.